The van der Waals surface area contributed by atoms with Crippen LogP contribution < -0.4 is 4.90 Å². The van der Waals surface area contributed by atoms with Gasteiger partial charge in [0.1, 0.15) is 17.2 Å². The summed E-state index contributed by atoms with van der Waals surface area (Å²) in [5, 5.41) is 0.763. The third-order valence-corrected chi connectivity index (χ3v) is 7.98. The van der Waals surface area contributed by atoms with E-state index in [0.29, 0.717) is 60.3 Å². The molecule has 0 bridgehead atoms. The van der Waals surface area contributed by atoms with Crippen molar-refractivity contribution in [1.82, 2.24) is 19.4 Å². The van der Waals surface area contributed by atoms with Crippen molar-refractivity contribution in [2.24, 2.45) is 5.92 Å². The minimum Gasteiger partial charge on any atom is -0.465 e. The first-order chi connectivity index (χ1) is 20.3. The molecule has 0 atom stereocenters. The maximum atomic E-state index is 14.1. The Bertz CT molecular complexity index is 1710. The average molecular weight is 590 g/mol. The Kier molecular flexibility index (Phi) is 7.98. The molecule has 0 spiro atoms. The highest BCUT2D eigenvalue weighted by atomic mass is 19.2. The Labute approximate surface area is 250 Å². The summed E-state index contributed by atoms with van der Waals surface area (Å²) in [7, 11) is 1.35. The fraction of sp³-hybridized carbons (Fsp3) is 0.394. The second-order valence-electron chi connectivity index (χ2n) is 12.2. The number of benzene rings is 1. The molecule has 1 fully saturated rings. The standard InChI is InChI=1S/C33H37F2N5O3/c1-19(2)16-39-17-24(22-8-10-25(34)26(35)15-22)23-9-11-27(37-30(23)39)31(41)40-13-12-38(18-33(40,5)6)28-14-20(3)29(21(4)36-28)32(42)43-7/h8-11,14-15,17,19H,12-13,16,18H2,1-7H3. The number of aryl methyl sites for hydroxylation is 2. The molecule has 1 aliphatic rings. The Balaban J connectivity index is 1.44. The largest absolute Gasteiger partial charge is 0.465 e. The Morgan fingerprint density at radius 2 is 1.77 bits per heavy atom. The molecule has 0 unspecified atom stereocenters. The molecule has 4 heterocycles. The van der Waals surface area contributed by atoms with Gasteiger partial charge >= 0.3 is 5.97 Å². The molecule has 43 heavy (non-hydrogen) atoms. The van der Waals surface area contributed by atoms with Crippen LogP contribution >= 0.6 is 0 Å². The number of fused-ring (bicyclic) bond motifs is 1. The number of piperazine rings is 1. The molecule has 1 saturated heterocycles. The van der Waals surface area contributed by atoms with Gasteiger partial charge in [-0.1, -0.05) is 19.9 Å². The fourth-order valence-electron chi connectivity index (χ4n) is 5.96. The van der Waals surface area contributed by atoms with Crippen LogP contribution in [0.3, 0.4) is 0 Å². The highest BCUT2D eigenvalue weighted by molar-refractivity contribution is 5.99. The minimum atomic E-state index is -0.914. The van der Waals surface area contributed by atoms with E-state index < -0.39 is 23.1 Å². The molecule has 3 aromatic heterocycles. The van der Waals surface area contributed by atoms with E-state index in [4.69, 9.17) is 9.72 Å². The lowest BCUT2D eigenvalue weighted by atomic mass is 9.97. The summed E-state index contributed by atoms with van der Waals surface area (Å²) < 4.78 is 34.6. The van der Waals surface area contributed by atoms with Crippen molar-refractivity contribution in [2.45, 2.75) is 53.6 Å². The van der Waals surface area contributed by atoms with E-state index in [1.807, 2.05) is 48.6 Å². The van der Waals surface area contributed by atoms with Gasteiger partial charge in [-0.05, 0) is 75.1 Å². The van der Waals surface area contributed by atoms with Crippen LogP contribution in [0.4, 0.5) is 14.6 Å². The topological polar surface area (TPSA) is 80.6 Å². The van der Waals surface area contributed by atoms with Crippen LogP contribution in [0.15, 0.2) is 42.6 Å². The number of pyridine rings is 2. The van der Waals surface area contributed by atoms with Crippen LogP contribution in [0, 0.1) is 31.4 Å². The van der Waals surface area contributed by atoms with Crippen LogP contribution in [0.25, 0.3) is 22.2 Å². The SMILES string of the molecule is COC(=O)c1c(C)cc(N2CCN(C(=O)c3ccc4c(-c5ccc(F)c(F)c5)cn(CC(C)C)c4n3)C(C)(C)C2)nc1C. The number of carbonyl (C=O) groups excluding carboxylic acids is 2. The lowest BCUT2D eigenvalue weighted by Gasteiger charge is -2.47. The number of hydrogen-bond acceptors (Lipinski definition) is 6. The van der Waals surface area contributed by atoms with Crippen LogP contribution in [0.1, 0.15) is 59.8 Å². The number of halogens is 2. The number of hydrogen-bond donors (Lipinski definition) is 0. The van der Waals surface area contributed by atoms with Gasteiger partial charge in [-0.2, -0.15) is 0 Å². The number of rotatable bonds is 6. The van der Waals surface area contributed by atoms with Gasteiger partial charge in [0.05, 0.1) is 23.9 Å². The summed E-state index contributed by atoms with van der Waals surface area (Å²) in [6.07, 6.45) is 1.89. The Morgan fingerprint density at radius 1 is 1.02 bits per heavy atom. The van der Waals surface area contributed by atoms with Crippen molar-refractivity contribution in [3.63, 3.8) is 0 Å². The fourth-order valence-corrected chi connectivity index (χ4v) is 5.96. The van der Waals surface area contributed by atoms with Crippen molar-refractivity contribution < 1.29 is 23.1 Å². The van der Waals surface area contributed by atoms with Gasteiger partial charge < -0.3 is 19.1 Å². The number of aromatic nitrogens is 3. The minimum absolute atomic E-state index is 0.181. The van der Waals surface area contributed by atoms with Crippen molar-refractivity contribution >= 4 is 28.7 Å². The number of esters is 1. The average Bonchev–Trinajstić information content (AvgIpc) is 3.29. The molecule has 0 aliphatic carbocycles. The van der Waals surface area contributed by atoms with Gasteiger partial charge in [-0.3, -0.25) is 4.79 Å². The Morgan fingerprint density at radius 3 is 2.40 bits per heavy atom. The van der Waals surface area contributed by atoms with Gasteiger partial charge in [0, 0.05) is 43.3 Å². The zero-order chi connectivity index (χ0) is 31.2. The number of methoxy groups -OCH3 is 1. The van der Waals surface area contributed by atoms with Crippen LogP contribution in [-0.2, 0) is 11.3 Å². The Hall–Kier alpha value is -4.34. The van der Waals surface area contributed by atoms with Gasteiger partial charge in [0.25, 0.3) is 5.91 Å². The van der Waals surface area contributed by atoms with E-state index in [1.54, 1.807) is 19.1 Å². The molecule has 0 radical (unpaired) electrons. The lowest BCUT2D eigenvalue weighted by molar-refractivity contribution is 0.0506. The third kappa shape index (κ3) is 5.70. The zero-order valence-corrected chi connectivity index (χ0v) is 25.7. The molecule has 1 aromatic carbocycles. The summed E-state index contributed by atoms with van der Waals surface area (Å²) in [6.45, 7) is 14.1. The predicted molar refractivity (Wildman–Crippen MR) is 162 cm³/mol. The normalized spacial score (nSPS) is 14.9. The number of nitrogens with zero attached hydrogens (tertiary/aromatic N) is 5. The number of anilines is 1. The number of ether oxygens (including phenoxy) is 1. The predicted octanol–water partition coefficient (Wildman–Crippen LogP) is 6.18. The number of amides is 1. The second-order valence-corrected chi connectivity index (χ2v) is 12.2. The highest BCUT2D eigenvalue weighted by Crippen LogP contribution is 2.33. The monoisotopic (exact) mass is 589 g/mol. The molecule has 0 N–H and O–H groups in total. The summed E-state index contributed by atoms with van der Waals surface area (Å²) in [5.74, 6) is -1.36. The first-order valence-corrected chi connectivity index (χ1v) is 14.4. The maximum absolute atomic E-state index is 14.1. The summed E-state index contributed by atoms with van der Waals surface area (Å²) in [6, 6.07) is 9.28. The maximum Gasteiger partial charge on any atom is 0.339 e. The summed E-state index contributed by atoms with van der Waals surface area (Å²) in [5.41, 5.74) is 3.52. The molecule has 10 heteroatoms. The van der Waals surface area contributed by atoms with E-state index in [-0.39, 0.29) is 5.91 Å². The molecule has 0 saturated carbocycles. The van der Waals surface area contributed by atoms with Crippen LogP contribution in [0.2, 0.25) is 0 Å². The first kappa shape index (κ1) is 30.1. The summed E-state index contributed by atoms with van der Waals surface area (Å²) >= 11 is 0. The van der Waals surface area contributed by atoms with Crippen molar-refractivity contribution in [1.29, 1.82) is 0 Å². The molecule has 1 amide bonds. The summed E-state index contributed by atoms with van der Waals surface area (Å²) in [4.78, 5) is 39.6. The van der Waals surface area contributed by atoms with Crippen molar-refractivity contribution in [3.05, 3.63) is 76.7 Å². The molecular formula is C33H37F2N5O3. The number of carbonyl (C=O) groups is 2. The highest BCUT2D eigenvalue weighted by Gasteiger charge is 2.38. The lowest BCUT2D eigenvalue weighted by Crippen LogP contribution is -2.61. The van der Waals surface area contributed by atoms with E-state index in [1.165, 1.54) is 13.2 Å². The molecule has 1 aliphatic heterocycles. The first-order valence-electron chi connectivity index (χ1n) is 14.4. The zero-order valence-electron chi connectivity index (χ0n) is 25.7. The van der Waals surface area contributed by atoms with Gasteiger partial charge in [0.2, 0.25) is 0 Å². The smallest absolute Gasteiger partial charge is 0.339 e. The van der Waals surface area contributed by atoms with Crippen LogP contribution in [0.5, 0.6) is 0 Å². The van der Waals surface area contributed by atoms with E-state index >= 15 is 0 Å². The second kappa shape index (κ2) is 11.4. The molecule has 226 valence electrons. The third-order valence-electron chi connectivity index (χ3n) is 7.98. The van der Waals surface area contributed by atoms with Gasteiger partial charge in [-0.25, -0.2) is 23.5 Å². The van der Waals surface area contributed by atoms with E-state index in [9.17, 15) is 18.4 Å². The van der Waals surface area contributed by atoms with Crippen molar-refractivity contribution in [2.75, 3.05) is 31.6 Å². The quantitative estimate of drug-likeness (QED) is 0.250. The molecule has 8 nitrogen and oxygen atoms in total. The molecular weight excluding hydrogens is 552 g/mol. The van der Waals surface area contributed by atoms with Crippen molar-refractivity contribution in [3.8, 4) is 11.1 Å². The van der Waals surface area contributed by atoms with Gasteiger partial charge in [0.15, 0.2) is 11.6 Å². The molecule has 5 rings (SSSR count). The van der Waals surface area contributed by atoms with E-state index in [2.05, 4.69) is 23.7 Å². The molecule has 4 aromatic rings. The van der Waals surface area contributed by atoms with Gasteiger partial charge in [-0.15, -0.1) is 0 Å². The van der Waals surface area contributed by atoms with E-state index in [0.717, 1.165) is 28.4 Å². The van der Waals surface area contributed by atoms with Crippen LogP contribution in [-0.4, -0.2) is 63.6 Å².